The van der Waals surface area contributed by atoms with E-state index < -0.39 is 0 Å². The van der Waals surface area contributed by atoms with Gasteiger partial charge < -0.3 is 0 Å². The molecule has 2 aromatic heterocycles. The molecule has 0 aliphatic heterocycles. The number of nitrogens with zero attached hydrogens (tertiary/aromatic N) is 3. The molecule has 0 radical (unpaired) electrons. The van der Waals surface area contributed by atoms with Gasteiger partial charge in [0, 0.05) is 17.5 Å². The number of hydrogen-bond donors (Lipinski definition) is 0. The van der Waals surface area contributed by atoms with Crippen LogP contribution in [0.1, 0.15) is 37.4 Å². The van der Waals surface area contributed by atoms with Gasteiger partial charge in [-0.1, -0.05) is 12.8 Å². The number of fused-ring (bicyclic) bond motifs is 1. The molecule has 0 aromatic carbocycles. The zero-order valence-corrected chi connectivity index (χ0v) is 9.85. The summed E-state index contributed by atoms with van der Waals surface area (Å²) in [5.74, 6) is 1.50. The first kappa shape index (κ1) is 9.42. The van der Waals surface area contributed by atoms with Crippen molar-refractivity contribution in [1.29, 1.82) is 0 Å². The molecule has 2 aromatic rings. The van der Waals surface area contributed by atoms with E-state index in [4.69, 9.17) is 12.2 Å². The third-order valence-electron chi connectivity index (χ3n) is 2.94. The fourth-order valence-electron chi connectivity index (χ4n) is 2.14. The molecule has 0 N–H and O–H groups in total. The smallest absolute Gasteiger partial charge is 0.207 e. The summed E-state index contributed by atoms with van der Waals surface area (Å²) in [5, 5.41) is 2.00. The van der Waals surface area contributed by atoms with E-state index in [1.807, 2.05) is 16.0 Å². The van der Waals surface area contributed by atoms with Crippen molar-refractivity contribution in [2.24, 2.45) is 0 Å². The van der Waals surface area contributed by atoms with E-state index in [9.17, 15) is 0 Å². The normalized spacial score (nSPS) is 17.6. The molecule has 0 unspecified atom stereocenters. The molecule has 15 heavy (non-hydrogen) atoms. The minimum atomic E-state index is 0.541. The van der Waals surface area contributed by atoms with Crippen LogP contribution in [0.3, 0.4) is 0 Å². The maximum absolute atomic E-state index is 5.25. The summed E-state index contributed by atoms with van der Waals surface area (Å²) >= 11 is 6.87. The SMILES string of the molecule is S=c1nc(C2CCCC2)nc2sccn12. The molecule has 0 bridgehead atoms. The van der Waals surface area contributed by atoms with Gasteiger partial charge in [0.05, 0.1) is 0 Å². The monoisotopic (exact) mass is 237 g/mol. The third-order valence-corrected chi connectivity index (χ3v) is 3.98. The summed E-state index contributed by atoms with van der Waals surface area (Å²) in [6.45, 7) is 0. The van der Waals surface area contributed by atoms with Gasteiger partial charge in [-0.05, 0) is 25.1 Å². The molecular formula is C10H11N3S2. The van der Waals surface area contributed by atoms with Crippen molar-refractivity contribution < 1.29 is 0 Å². The maximum Gasteiger partial charge on any atom is 0.207 e. The highest BCUT2D eigenvalue weighted by molar-refractivity contribution is 7.71. The Bertz CT molecular complexity index is 537. The van der Waals surface area contributed by atoms with E-state index in [1.54, 1.807) is 11.3 Å². The van der Waals surface area contributed by atoms with Gasteiger partial charge in [0.1, 0.15) is 5.82 Å². The molecule has 0 spiro atoms. The number of rotatable bonds is 1. The van der Waals surface area contributed by atoms with Crippen molar-refractivity contribution >= 4 is 28.5 Å². The Morgan fingerprint density at radius 3 is 2.93 bits per heavy atom. The molecule has 3 rings (SSSR count). The lowest BCUT2D eigenvalue weighted by Gasteiger charge is -2.06. The Hall–Kier alpha value is -0.810. The predicted octanol–water partition coefficient (Wildman–Crippen LogP) is 3.18. The van der Waals surface area contributed by atoms with Crippen LogP contribution < -0.4 is 0 Å². The lowest BCUT2D eigenvalue weighted by Crippen LogP contribution is -2.03. The molecular weight excluding hydrogens is 226 g/mol. The molecule has 0 atom stereocenters. The molecule has 2 heterocycles. The van der Waals surface area contributed by atoms with Crippen LogP contribution in [-0.2, 0) is 0 Å². The van der Waals surface area contributed by atoms with Crippen LogP contribution in [0.15, 0.2) is 11.6 Å². The lowest BCUT2D eigenvalue weighted by atomic mass is 10.1. The molecule has 78 valence electrons. The largest absolute Gasteiger partial charge is 0.267 e. The summed E-state index contributed by atoms with van der Waals surface area (Å²) in [5.41, 5.74) is 0. The van der Waals surface area contributed by atoms with Crippen molar-refractivity contribution in [3.63, 3.8) is 0 Å². The first-order valence-corrected chi connectivity index (χ1v) is 6.47. The van der Waals surface area contributed by atoms with Gasteiger partial charge in [-0.25, -0.2) is 9.97 Å². The summed E-state index contributed by atoms with van der Waals surface area (Å²) in [6, 6.07) is 0. The number of aromatic nitrogens is 3. The van der Waals surface area contributed by atoms with E-state index >= 15 is 0 Å². The van der Waals surface area contributed by atoms with Crippen LogP contribution in [0.25, 0.3) is 4.96 Å². The van der Waals surface area contributed by atoms with Gasteiger partial charge in [-0.3, -0.25) is 4.40 Å². The fraction of sp³-hybridized carbons (Fsp3) is 0.500. The standard InChI is InChI=1S/C10H11N3S2/c14-9-11-8(7-3-1-2-4-7)12-10-13(9)5-6-15-10/h5-7H,1-4H2. The van der Waals surface area contributed by atoms with Crippen molar-refractivity contribution in [1.82, 2.24) is 14.4 Å². The van der Waals surface area contributed by atoms with Crippen LogP contribution in [0, 0.1) is 4.77 Å². The lowest BCUT2D eigenvalue weighted by molar-refractivity contribution is 0.662. The molecule has 1 saturated carbocycles. The van der Waals surface area contributed by atoms with E-state index in [1.165, 1.54) is 25.7 Å². The molecule has 5 heteroatoms. The van der Waals surface area contributed by atoms with Crippen molar-refractivity contribution in [2.45, 2.75) is 31.6 Å². The van der Waals surface area contributed by atoms with Crippen LogP contribution in [0.2, 0.25) is 0 Å². The van der Waals surface area contributed by atoms with Gasteiger partial charge in [0.2, 0.25) is 4.77 Å². The Morgan fingerprint density at radius 2 is 2.13 bits per heavy atom. The second-order valence-electron chi connectivity index (χ2n) is 3.90. The van der Waals surface area contributed by atoms with Crippen LogP contribution in [0.4, 0.5) is 0 Å². The summed E-state index contributed by atoms with van der Waals surface area (Å²) in [6.07, 6.45) is 6.97. The second-order valence-corrected chi connectivity index (χ2v) is 5.14. The van der Waals surface area contributed by atoms with Crippen molar-refractivity contribution in [3.8, 4) is 0 Å². The Kier molecular flexibility index (Phi) is 2.29. The molecule has 3 nitrogen and oxygen atoms in total. The van der Waals surface area contributed by atoms with E-state index in [0.29, 0.717) is 10.7 Å². The first-order chi connectivity index (χ1) is 7.34. The van der Waals surface area contributed by atoms with Crippen LogP contribution >= 0.6 is 23.6 Å². The van der Waals surface area contributed by atoms with E-state index in [2.05, 4.69) is 9.97 Å². The molecule has 0 saturated heterocycles. The highest BCUT2D eigenvalue weighted by Crippen LogP contribution is 2.32. The van der Waals surface area contributed by atoms with Crippen molar-refractivity contribution in [2.75, 3.05) is 0 Å². The molecule has 0 amide bonds. The van der Waals surface area contributed by atoms with Crippen LogP contribution in [-0.4, -0.2) is 14.4 Å². The topological polar surface area (TPSA) is 30.2 Å². The van der Waals surface area contributed by atoms with Gasteiger partial charge in [0.15, 0.2) is 4.96 Å². The average molecular weight is 237 g/mol. The zero-order valence-electron chi connectivity index (χ0n) is 8.22. The fourth-order valence-corrected chi connectivity index (χ4v) is 3.15. The quantitative estimate of drug-likeness (QED) is 0.714. The molecule has 1 aliphatic carbocycles. The van der Waals surface area contributed by atoms with E-state index in [0.717, 1.165) is 10.8 Å². The molecule has 1 fully saturated rings. The van der Waals surface area contributed by atoms with Gasteiger partial charge >= 0.3 is 0 Å². The average Bonchev–Trinajstić information content (AvgIpc) is 2.88. The van der Waals surface area contributed by atoms with Gasteiger partial charge in [0.25, 0.3) is 0 Å². The highest BCUT2D eigenvalue weighted by atomic mass is 32.1. The Morgan fingerprint density at radius 1 is 1.33 bits per heavy atom. The van der Waals surface area contributed by atoms with Gasteiger partial charge in [-0.2, -0.15) is 0 Å². The summed E-state index contributed by atoms with van der Waals surface area (Å²) < 4.78 is 2.52. The third kappa shape index (κ3) is 1.59. The summed E-state index contributed by atoms with van der Waals surface area (Å²) in [7, 11) is 0. The predicted molar refractivity (Wildman–Crippen MR) is 62.9 cm³/mol. The van der Waals surface area contributed by atoms with E-state index in [-0.39, 0.29) is 0 Å². The highest BCUT2D eigenvalue weighted by Gasteiger charge is 2.20. The zero-order chi connectivity index (χ0) is 10.3. The Balaban J connectivity index is 2.15. The Labute approximate surface area is 96.8 Å². The maximum atomic E-state index is 5.25. The first-order valence-electron chi connectivity index (χ1n) is 5.18. The van der Waals surface area contributed by atoms with Crippen LogP contribution in [0.5, 0.6) is 0 Å². The number of hydrogen-bond acceptors (Lipinski definition) is 4. The number of thiazole rings is 1. The minimum Gasteiger partial charge on any atom is -0.267 e. The van der Waals surface area contributed by atoms with Crippen molar-refractivity contribution in [3.05, 3.63) is 22.2 Å². The molecule has 1 aliphatic rings. The second kappa shape index (κ2) is 3.64. The minimum absolute atomic E-state index is 0.541. The van der Waals surface area contributed by atoms with Gasteiger partial charge in [-0.15, -0.1) is 11.3 Å². The summed E-state index contributed by atoms with van der Waals surface area (Å²) in [4.78, 5) is 9.98.